The number of aromatic nitrogens is 1. The number of unbranched alkanes of at least 4 members (excludes halogenated alkanes) is 1. The third kappa shape index (κ3) is 7.13. The Morgan fingerprint density at radius 1 is 1.28 bits per heavy atom. The fraction of sp³-hybridized carbons (Fsp3) is 0.391. The summed E-state index contributed by atoms with van der Waals surface area (Å²) in [6, 6.07) is 11.7. The summed E-state index contributed by atoms with van der Waals surface area (Å²) < 4.78 is 33.1. The van der Waals surface area contributed by atoms with Crippen molar-refractivity contribution in [1.29, 1.82) is 0 Å². The Kier molecular flexibility index (Phi) is 8.81. The summed E-state index contributed by atoms with van der Waals surface area (Å²) in [7, 11) is -2.26. The van der Waals surface area contributed by atoms with E-state index in [0.29, 0.717) is 37.4 Å². The lowest BCUT2D eigenvalue weighted by atomic mass is 10.1. The second kappa shape index (κ2) is 11.6. The summed E-state index contributed by atoms with van der Waals surface area (Å²) in [5.41, 5.74) is 0.929. The topological polar surface area (TPSA) is 88.6 Å². The quantitative estimate of drug-likeness (QED) is 0.320. The molecule has 0 unspecified atom stereocenters. The third-order valence-electron chi connectivity index (χ3n) is 5.32. The molecule has 0 radical (unpaired) electrons. The molecule has 1 aromatic heterocycles. The number of allylic oxidation sites excluding steroid dienone is 1. The number of hydrogen-bond donors (Lipinski definition) is 1. The molecule has 0 aliphatic carbocycles. The number of carbonyl (C=O) groups excluding carboxylic acids is 1. The van der Waals surface area contributed by atoms with Gasteiger partial charge in [0, 0.05) is 42.8 Å². The normalized spacial score (nSPS) is 19.4. The molecule has 1 saturated heterocycles. The zero-order valence-electron chi connectivity index (χ0n) is 18.0. The summed E-state index contributed by atoms with van der Waals surface area (Å²) in [5, 5.41) is 0.490. The molecule has 9 heteroatoms. The van der Waals surface area contributed by atoms with Crippen molar-refractivity contribution < 1.29 is 17.9 Å². The Bertz CT molecular complexity index is 1010. The fourth-order valence-corrected chi connectivity index (χ4v) is 5.09. The largest absolute Gasteiger partial charge is 0.469 e. The minimum Gasteiger partial charge on any atom is -0.469 e. The van der Waals surface area contributed by atoms with Crippen LogP contribution in [0.2, 0.25) is 5.02 Å². The van der Waals surface area contributed by atoms with Gasteiger partial charge in [-0.25, -0.2) is 13.1 Å². The van der Waals surface area contributed by atoms with Crippen LogP contribution >= 0.6 is 11.6 Å². The number of ether oxygens (including phenoxy) is 1. The lowest BCUT2D eigenvalue weighted by Gasteiger charge is -2.21. The van der Waals surface area contributed by atoms with Gasteiger partial charge in [0.15, 0.2) is 0 Å². The summed E-state index contributed by atoms with van der Waals surface area (Å²) in [6.45, 7) is 1.19. The van der Waals surface area contributed by atoms with E-state index in [4.69, 9.17) is 11.6 Å². The van der Waals surface area contributed by atoms with Crippen LogP contribution in [-0.4, -0.2) is 50.0 Å². The lowest BCUT2D eigenvalue weighted by molar-refractivity contribution is -0.140. The van der Waals surface area contributed by atoms with Crippen LogP contribution in [0, 0.1) is 0 Å². The first-order valence-electron chi connectivity index (χ1n) is 10.5. The highest BCUT2D eigenvalue weighted by molar-refractivity contribution is 7.89. The highest BCUT2D eigenvalue weighted by Crippen LogP contribution is 2.24. The van der Waals surface area contributed by atoms with Crippen molar-refractivity contribution in [2.75, 3.05) is 13.7 Å². The summed E-state index contributed by atoms with van der Waals surface area (Å²) in [4.78, 5) is 18.1. The van der Waals surface area contributed by atoms with Crippen LogP contribution in [0.4, 0.5) is 0 Å². The minimum absolute atomic E-state index is 0.0630. The Morgan fingerprint density at radius 2 is 2.06 bits per heavy atom. The molecular formula is C23H28ClN3O4S. The lowest BCUT2D eigenvalue weighted by Crippen LogP contribution is -2.37. The van der Waals surface area contributed by atoms with E-state index in [0.717, 1.165) is 12.1 Å². The highest BCUT2D eigenvalue weighted by atomic mass is 35.5. The van der Waals surface area contributed by atoms with Crippen LogP contribution in [-0.2, 0) is 26.1 Å². The van der Waals surface area contributed by atoms with E-state index in [9.17, 15) is 13.2 Å². The zero-order valence-corrected chi connectivity index (χ0v) is 19.6. The van der Waals surface area contributed by atoms with Crippen molar-refractivity contribution in [3.63, 3.8) is 0 Å². The van der Waals surface area contributed by atoms with Gasteiger partial charge in [0.2, 0.25) is 10.0 Å². The second-order valence-electron chi connectivity index (χ2n) is 7.72. The first-order chi connectivity index (χ1) is 15.4. The van der Waals surface area contributed by atoms with Crippen LogP contribution in [0.25, 0.3) is 0 Å². The van der Waals surface area contributed by atoms with E-state index in [1.807, 2.05) is 18.2 Å². The number of nitrogens with one attached hydrogen (secondary N) is 1. The standard InChI is InChI=1S/C23H28ClN3O4S/c1-31-23(28)9-4-2-3-8-21-15-20(17-27(21)16-19-7-5-6-14-25-19)26-32(29,30)22-12-10-18(24)11-13-22/h3,5-8,10-14,20-21,26H,2,4,9,15-17H2,1H3/t20-,21-/m1/s1. The van der Waals surface area contributed by atoms with Crippen molar-refractivity contribution in [2.24, 2.45) is 0 Å². The number of halogens is 1. The summed E-state index contributed by atoms with van der Waals surface area (Å²) >= 11 is 5.88. The van der Waals surface area contributed by atoms with Crippen LogP contribution < -0.4 is 4.72 Å². The molecule has 7 nitrogen and oxygen atoms in total. The van der Waals surface area contributed by atoms with Gasteiger partial charge in [-0.05, 0) is 55.7 Å². The molecule has 2 heterocycles. The molecule has 1 aliphatic rings. The fourth-order valence-electron chi connectivity index (χ4n) is 3.72. The minimum atomic E-state index is -3.65. The van der Waals surface area contributed by atoms with Crippen molar-refractivity contribution in [3.05, 3.63) is 71.5 Å². The molecule has 0 bridgehead atoms. The van der Waals surface area contributed by atoms with E-state index in [-0.39, 0.29) is 22.9 Å². The van der Waals surface area contributed by atoms with Crippen molar-refractivity contribution in [1.82, 2.24) is 14.6 Å². The molecule has 1 aliphatic heterocycles. The predicted octanol–water partition coefficient (Wildman–Crippen LogP) is 3.56. The Balaban J connectivity index is 1.66. The molecule has 0 amide bonds. The molecule has 3 rings (SSSR count). The molecule has 1 aromatic carbocycles. The van der Waals surface area contributed by atoms with Gasteiger partial charge in [-0.15, -0.1) is 0 Å². The van der Waals surface area contributed by atoms with Gasteiger partial charge in [0.05, 0.1) is 17.7 Å². The third-order valence-corrected chi connectivity index (χ3v) is 7.11. The second-order valence-corrected chi connectivity index (χ2v) is 9.87. The van der Waals surface area contributed by atoms with Crippen LogP contribution in [0.15, 0.2) is 65.7 Å². The van der Waals surface area contributed by atoms with Crippen molar-refractivity contribution in [3.8, 4) is 0 Å². The van der Waals surface area contributed by atoms with Crippen LogP contribution in [0.5, 0.6) is 0 Å². The molecular weight excluding hydrogens is 450 g/mol. The Morgan fingerprint density at radius 3 is 2.75 bits per heavy atom. The average Bonchev–Trinajstić information content (AvgIpc) is 3.14. The van der Waals surface area contributed by atoms with Gasteiger partial charge in [0.25, 0.3) is 0 Å². The monoisotopic (exact) mass is 477 g/mol. The van der Waals surface area contributed by atoms with Gasteiger partial charge < -0.3 is 4.74 Å². The number of methoxy groups -OCH3 is 1. The zero-order chi connectivity index (χ0) is 23.0. The molecule has 172 valence electrons. The van der Waals surface area contributed by atoms with Gasteiger partial charge in [0.1, 0.15) is 0 Å². The number of carbonyl (C=O) groups is 1. The van der Waals surface area contributed by atoms with Crippen LogP contribution in [0.3, 0.4) is 0 Å². The molecule has 1 N–H and O–H groups in total. The van der Waals surface area contributed by atoms with Gasteiger partial charge in [-0.1, -0.05) is 29.8 Å². The predicted molar refractivity (Wildman–Crippen MR) is 124 cm³/mol. The summed E-state index contributed by atoms with van der Waals surface area (Å²) in [5.74, 6) is -0.215. The maximum absolute atomic E-state index is 12.8. The average molecular weight is 478 g/mol. The van der Waals surface area contributed by atoms with Crippen molar-refractivity contribution >= 4 is 27.6 Å². The maximum atomic E-state index is 12.8. The molecule has 0 spiro atoms. The molecule has 2 atom stereocenters. The number of sulfonamides is 1. The van der Waals surface area contributed by atoms with Gasteiger partial charge >= 0.3 is 5.97 Å². The van der Waals surface area contributed by atoms with E-state index in [2.05, 4.69) is 31.5 Å². The number of esters is 1. The molecule has 2 aromatic rings. The van der Waals surface area contributed by atoms with E-state index >= 15 is 0 Å². The van der Waals surface area contributed by atoms with Crippen molar-refractivity contribution in [2.45, 2.75) is 49.2 Å². The van der Waals surface area contributed by atoms with E-state index < -0.39 is 10.0 Å². The number of likely N-dealkylation sites (tertiary alicyclic amines) is 1. The van der Waals surface area contributed by atoms with E-state index in [1.165, 1.54) is 19.2 Å². The molecule has 32 heavy (non-hydrogen) atoms. The van der Waals surface area contributed by atoms with E-state index in [1.54, 1.807) is 18.3 Å². The highest BCUT2D eigenvalue weighted by Gasteiger charge is 2.33. The number of pyridine rings is 1. The first kappa shape index (κ1) is 24.4. The van der Waals surface area contributed by atoms with Crippen LogP contribution in [0.1, 0.15) is 31.4 Å². The molecule has 0 saturated carbocycles. The number of benzene rings is 1. The first-order valence-corrected chi connectivity index (χ1v) is 12.4. The number of hydrogen-bond acceptors (Lipinski definition) is 6. The summed E-state index contributed by atoms with van der Waals surface area (Å²) in [6.07, 6.45) is 8.39. The number of rotatable bonds is 10. The number of nitrogens with zero attached hydrogens (tertiary/aromatic N) is 2. The molecule has 1 fully saturated rings. The Hall–Kier alpha value is -2.26. The Labute approximate surface area is 194 Å². The smallest absolute Gasteiger partial charge is 0.305 e. The van der Waals surface area contributed by atoms with Gasteiger partial charge in [-0.2, -0.15) is 0 Å². The maximum Gasteiger partial charge on any atom is 0.305 e. The van der Waals surface area contributed by atoms with Gasteiger partial charge in [-0.3, -0.25) is 14.7 Å². The SMILES string of the molecule is COC(=O)CCCC=C[C@@H]1C[C@@H](NS(=O)(=O)c2ccc(Cl)cc2)CN1Cc1ccccn1.